The highest BCUT2D eigenvalue weighted by atomic mass is 14.6. The molecule has 116 valence electrons. The maximum absolute atomic E-state index is 5.88. The molecule has 0 radical (unpaired) electrons. The molecular formula is C21H32. The normalized spacial score (nSPS) is 56.0. The predicted molar refractivity (Wildman–Crippen MR) is 88.7 cm³/mol. The van der Waals surface area contributed by atoms with Crippen molar-refractivity contribution < 1.29 is 0 Å². The van der Waals surface area contributed by atoms with Crippen LogP contribution in [0.5, 0.6) is 0 Å². The van der Waals surface area contributed by atoms with Crippen molar-refractivity contribution in [2.24, 2.45) is 40.4 Å². The molecule has 0 saturated heterocycles. The molecule has 0 aliphatic heterocycles. The molecule has 0 heteroatoms. The molecule has 21 heavy (non-hydrogen) atoms. The molecule has 4 rings (SSSR count). The highest BCUT2D eigenvalue weighted by Gasteiger charge is 2.59. The van der Waals surface area contributed by atoms with Crippen LogP contribution in [-0.2, 0) is 0 Å². The van der Waals surface area contributed by atoms with Crippen molar-refractivity contribution in [3.63, 3.8) is 0 Å². The summed E-state index contributed by atoms with van der Waals surface area (Å²) >= 11 is 0. The van der Waals surface area contributed by atoms with Crippen molar-refractivity contribution in [2.75, 3.05) is 0 Å². The standard InChI is InChI=1S/C21H32/c1-4-15-9-11-18-17-10-8-16-7-5-6-13-20(16,2)19(17)12-14-21(15,18)3/h1,15-19H,5-14H2,2-3H3/t15-,16-,17-,18-,19-,20-,21+/m0/s1. The Balaban J connectivity index is 1.64. The second-order valence-corrected chi connectivity index (χ2v) is 9.24. The SMILES string of the molecule is C#C[C@H]1CC[C@H]2[C@@H]3CC[C@@H]4CCCC[C@]4(C)[C@H]3CC[C@]12C. The van der Waals surface area contributed by atoms with Crippen molar-refractivity contribution >= 4 is 0 Å². The summed E-state index contributed by atoms with van der Waals surface area (Å²) in [5.41, 5.74) is 1.16. The summed E-state index contributed by atoms with van der Waals surface area (Å²) in [4.78, 5) is 0. The highest BCUT2D eigenvalue weighted by Crippen LogP contribution is 2.67. The Kier molecular flexibility index (Phi) is 3.22. The third kappa shape index (κ3) is 1.82. The van der Waals surface area contributed by atoms with Gasteiger partial charge in [0.1, 0.15) is 0 Å². The summed E-state index contributed by atoms with van der Waals surface area (Å²) in [7, 11) is 0. The van der Waals surface area contributed by atoms with E-state index in [1.165, 1.54) is 64.2 Å². The van der Waals surface area contributed by atoms with Gasteiger partial charge < -0.3 is 0 Å². The highest BCUT2D eigenvalue weighted by molar-refractivity contribution is 5.14. The minimum Gasteiger partial charge on any atom is -0.120 e. The van der Waals surface area contributed by atoms with Crippen molar-refractivity contribution in [3.8, 4) is 12.3 Å². The van der Waals surface area contributed by atoms with E-state index in [1.54, 1.807) is 0 Å². The van der Waals surface area contributed by atoms with Crippen LogP contribution < -0.4 is 0 Å². The lowest BCUT2D eigenvalue weighted by Gasteiger charge is -2.60. The topological polar surface area (TPSA) is 0 Å². The first-order chi connectivity index (χ1) is 10.1. The van der Waals surface area contributed by atoms with Crippen LogP contribution in [0.2, 0.25) is 0 Å². The maximum atomic E-state index is 5.88. The van der Waals surface area contributed by atoms with Crippen LogP contribution >= 0.6 is 0 Å². The van der Waals surface area contributed by atoms with Gasteiger partial charge in [0.25, 0.3) is 0 Å². The summed E-state index contributed by atoms with van der Waals surface area (Å²) in [6, 6.07) is 0. The van der Waals surface area contributed by atoms with Crippen molar-refractivity contribution in [1.82, 2.24) is 0 Å². The minimum absolute atomic E-state index is 0.480. The molecule has 4 fully saturated rings. The Bertz CT molecular complexity index is 457. The molecule has 0 aromatic carbocycles. The van der Waals surface area contributed by atoms with Gasteiger partial charge >= 0.3 is 0 Å². The predicted octanol–water partition coefficient (Wildman–Crippen LogP) is 5.67. The molecule has 0 nitrogen and oxygen atoms in total. The Morgan fingerprint density at radius 3 is 2.43 bits per heavy atom. The zero-order valence-corrected chi connectivity index (χ0v) is 14.0. The van der Waals surface area contributed by atoms with Gasteiger partial charge in [0.2, 0.25) is 0 Å². The molecule has 0 aromatic heterocycles. The van der Waals surface area contributed by atoms with Crippen molar-refractivity contribution in [3.05, 3.63) is 0 Å². The Labute approximate surface area is 131 Å². The van der Waals surface area contributed by atoms with Gasteiger partial charge in [0.15, 0.2) is 0 Å². The van der Waals surface area contributed by atoms with Crippen LogP contribution in [0, 0.1) is 52.8 Å². The van der Waals surface area contributed by atoms with Gasteiger partial charge in [-0.2, -0.15) is 0 Å². The first-order valence-corrected chi connectivity index (χ1v) is 9.56. The van der Waals surface area contributed by atoms with Crippen LogP contribution in [0.25, 0.3) is 0 Å². The molecule has 4 aliphatic rings. The third-order valence-electron chi connectivity index (χ3n) is 8.78. The Morgan fingerprint density at radius 1 is 0.810 bits per heavy atom. The van der Waals surface area contributed by atoms with E-state index in [0.29, 0.717) is 16.7 Å². The van der Waals surface area contributed by atoms with Crippen LogP contribution in [0.1, 0.15) is 78.1 Å². The number of hydrogen-bond donors (Lipinski definition) is 0. The van der Waals surface area contributed by atoms with Crippen molar-refractivity contribution in [1.29, 1.82) is 0 Å². The molecule has 0 N–H and O–H groups in total. The van der Waals surface area contributed by atoms with Gasteiger partial charge in [-0.05, 0) is 85.9 Å². The first kappa shape index (κ1) is 14.2. The van der Waals surface area contributed by atoms with Gasteiger partial charge in [-0.15, -0.1) is 12.3 Å². The molecular weight excluding hydrogens is 252 g/mol. The average Bonchev–Trinajstić information content (AvgIpc) is 2.83. The lowest BCUT2D eigenvalue weighted by Crippen LogP contribution is -2.52. The monoisotopic (exact) mass is 284 g/mol. The smallest absolute Gasteiger partial charge is 0.0256 e. The Morgan fingerprint density at radius 2 is 1.62 bits per heavy atom. The molecule has 0 unspecified atom stereocenters. The van der Waals surface area contributed by atoms with Gasteiger partial charge in [-0.3, -0.25) is 0 Å². The molecule has 7 atom stereocenters. The fourth-order valence-electron chi connectivity index (χ4n) is 7.57. The summed E-state index contributed by atoms with van der Waals surface area (Å²) in [5, 5.41) is 0. The molecule has 0 amide bonds. The average molecular weight is 284 g/mol. The zero-order chi connectivity index (χ0) is 14.7. The summed E-state index contributed by atoms with van der Waals surface area (Å²) < 4.78 is 0. The van der Waals surface area contributed by atoms with E-state index in [2.05, 4.69) is 19.8 Å². The van der Waals surface area contributed by atoms with E-state index in [4.69, 9.17) is 6.42 Å². The number of hydrogen-bond acceptors (Lipinski definition) is 0. The minimum atomic E-state index is 0.480. The third-order valence-corrected chi connectivity index (χ3v) is 8.78. The zero-order valence-electron chi connectivity index (χ0n) is 14.0. The summed E-state index contributed by atoms with van der Waals surface area (Å²) in [6.45, 7) is 5.21. The van der Waals surface area contributed by atoms with Crippen LogP contribution in [0.4, 0.5) is 0 Å². The fourth-order valence-corrected chi connectivity index (χ4v) is 7.57. The largest absolute Gasteiger partial charge is 0.120 e. The van der Waals surface area contributed by atoms with E-state index < -0.39 is 0 Å². The molecule has 4 saturated carbocycles. The van der Waals surface area contributed by atoms with Gasteiger partial charge in [-0.25, -0.2) is 0 Å². The van der Waals surface area contributed by atoms with Crippen LogP contribution in [0.3, 0.4) is 0 Å². The second-order valence-electron chi connectivity index (χ2n) is 9.24. The van der Waals surface area contributed by atoms with Gasteiger partial charge in [-0.1, -0.05) is 26.7 Å². The fraction of sp³-hybridized carbons (Fsp3) is 0.905. The van der Waals surface area contributed by atoms with E-state index in [-0.39, 0.29) is 0 Å². The van der Waals surface area contributed by atoms with E-state index in [9.17, 15) is 0 Å². The molecule has 0 spiro atoms. The van der Waals surface area contributed by atoms with Crippen molar-refractivity contribution in [2.45, 2.75) is 78.1 Å². The van der Waals surface area contributed by atoms with Gasteiger partial charge in [0, 0.05) is 5.92 Å². The molecule has 4 aliphatic carbocycles. The van der Waals surface area contributed by atoms with Crippen LogP contribution in [0.15, 0.2) is 0 Å². The van der Waals surface area contributed by atoms with E-state index in [1.807, 2.05) is 0 Å². The number of terminal acetylenes is 1. The lowest BCUT2D eigenvalue weighted by atomic mass is 9.45. The molecule has 0 bridgehead atoms. The van der Waals surface area contributed by atoms with E-state index in [0.717, 1.165) is 23.7 Å². The summed E-state index contributed by atoms with van der Waals surface area (Å²) in [5.74, 6) is 7.74. The molecule has 0 heterocycles. The Hall–Kier alpha value is -0.440. The molecule has 0 aromatic rings. The van der Waals surface area contributed by atoms with E-state index >= 15 is 0 Å². The van der Waals surface area contributed by atoms with Crippen LogP contribution in [-0.4, -0.2) is 0 Å². The number of rotatable bonds is 0. The second kappa shape index (κ2) is 4.78. The van der Waals surface area contributed by atoms with Gasteiger partial charge in [0.05, 0.1) is 0 Å². The maximum Gasteiger partial charge on any atom is 0.0256 e. The summed E-state index contributed by atoms with van der Waals surface area (Å²) in [6.07, 6.45) is 20.6. The quantitative estimate of drug-likeness (QED) is 0.503. The first-order valence-electron chi connectivity index (χ1n) is 9.56. The number of fused-ring (bicyclic) bond motifs is 5. The lowest BCUT2D eigenvalue weighted by molar-refractivity contribution is -0.107.